The zero-order valence-corrected chi connectivity index (χ0v) is 18.3. The maximum atomic E-state index is 12.1. The highest BCUT2D eigenvalue weighted by Crippen LogP contribution is 2.30. The van der Waals surface area contributed by atoms with Crippen LogP contribution >= 0.6 is 34.9 Å². The Hall–Kier alpha value is -2.68. The van der Waals surface area contributed by atoms with Gasteiger partial charge in [-0.15, -0.1) is 10.2 Å². The lowest BCUT2D eigenvalue weighted by molar-refractivity contribution is -0.118. The van der Waals surface area contributed by atoms with E-state index in [2.05, 4.69) is 45.0 Å². The van der Waals surface area contributed by atoms with E-state index in [1.54, 1.807) is 18.0 Å². The van der Waals surface area contributed by atoms with Crippen molar-refractivity contribution in [3.8, 4) is 0 Å². The minimum atomic E-state index is -0.176. The minimum absolute atomic E-state index is 0.176. The molecule has 0 unspecified atom stereocenters. The standard InChI is InChI=1S/C22H18N4OS3/c27-20(24-23-13-18-11-6-10-17-9-4-5-12-19(17)18)15-29-22-26-25-21(30-22)28-14-16-7-2-1-3-8-16/h1-13H,14-15H2,(H,24,27). The largest absolute Gasteiger partial charge is 0.272 e. The van der Waals surface area contributed by atoms with Gasteiger partial charge in [-0.2, -0.15) is 5.10 Å². The second-order valence-electron chi connectivity index (χ2n) is 6.26. The van der Waals surface area contributed by atoms with Gasteiger partial charge < -0.3 is 0 Å². The Morgan fingerprint density at radius 3 is 2.53 bits per heavy atom. The number of thioether (sulfide) groups is 2. The van der Waals surface area contributed by atoms with Gasteiger partial charge in [0.1, 0.15) is 0 Å². The molecule has 1 heterocycles. The lowest BCUT2D eigenvalue weighted by Gasteiger charge is -2.01. The van der Waals surface area contributed by atoms with Gasteiger partial charge in [0.15, 0.2) is 8.68 Å². The van der Waals surface area contributed by atoms with Gasteiger partial charge in [-0.25, -0.2) is 5.43 Å². The van der Waals surface area contributed by atoms with Gasteiger partial charge in [0.25, 0.3) is 5.91 Å². The number of hydrogen-bond donors (Lipinski definition) is 1. The van der Waals surface area contributed by atoms with E-state index in [4.69, 9.17) is 0 Å². The molecule has 1 N–H and O–H groups in total. The van der Waals surface area contributed by atoms with Crippen molar-refractivity contribution in [3.05, 3.63) is 83.9 Å². The lowest BCUT2D eigenvalue weighted by atomic mass is 10.1. The van der Waals surface area contributed by atoms with Crippen LogP contribution in [0.15, 0.2) is 86.6 Å². The SMILES string of the molecule is O=C(CSc1nnc(SCc2ccccc2)s1)NN=Cc1cccc2ccccc12. The molecule has 4 aromatic rings. The molecule has 30 heavy (non-hydrogen) atoms. The summed E-state index contributed by atoms with van der Waals surface area (Å²) < 4.78 is 1.68. The number of nitrogens with zero attached hydrogens (tertiary/aromatic N) is 3. The van der Waals surface area contributed by atoms with Crippen LogP contribution < -0.4 is 5.43 Å². The molecule has 0 spiro atoms. The van der Waals surface area contributed by atoms with Crippen LogP contribution in [0, 0.1) is 0 Å². The Balaban J connectivity index is 1.25. The molecular formula is C22H18N4OS3. The fraction of sp³-hybridized carbons (Fsp3) is 0.0909. The highest BCUT2D eigenvalue weighted by Gasteiger charge is 2.08. The van der Waals surface area contributed by atoms with Gasteiger partial charge >= 0.3 is 0 Å². The van der Waals surface area contributed by atoms with Crippen molar-refractivity contribution < 1.29 is 4.79 Å². The Kier molecular flexibility index (Phi) is 7.12. The molecule has 0 aliphatic rings. The number of carbonyl (C=O) groups excluding carboxylic acids is 1. The number of hydrazone groups is 1. The molecule has 3 aromatic carbocycles. The zero-order valence-electron chi connectivity index (χ0n) is 15.9. The first-order chi connectivity index (χ1) is 14.8. The summed E-state index contributed by atoms with van der Waals surface area (Å²) in [6.07, 6.45) is 1.67. The predicted molar refractivity (Wildman–Crippen MR) is 126 cm³/mol. The Labute approximate surface area is 187 Å². The Morgan fingerprint density at radius 2 is 1.67 bits per heavy atom. The van der Waals surface area contributed by atoms with Crippen molar-refractivity contribution in [3.63, 3.8) is 0 Å². The Bertz CT molecular complexity index is 1160. The summed E-state index contributed by atoms with van der Waals surface area (Å²) >= 11 is 4.52. The third-order valence-electron chi connectivity index (χ3n) is 4.14. The van der Waals surface area contributed by atoms with Crippen molar-refractivity contribution in [1.29, 1.82) is 0 Å². The lowest BCUT2D eigenvalue weighted by Crippen LogP contribution is -2.19. The number of nitrogens with one attached hydrogen (secondary N) is 1. The van der Waals surface area contributed by atoms with E-state index >= 15 is 0 Å². The molecular weight excluding hydrogens is 432 g/mol. The van der Waals surface area contributed by atoms with Gasteiger partial charge in [0.05, 0.1) is 12.0 Å². The van der Waals surface area contributed by atoms with Crippen LogP contribution in [-0.4, -0.2) is 28.1 Å². The number of aromatic nitrogens is 2. The quantitative estimate of drug-likeness (QED) is 0.226. The maximum Gasteiger partial charge on any atom is 0.250 e. The molecule has 0 bridgehead atoms. The van der Waals surface area contributed by atoms with Gasteiger partial charge in [-0.1, -0.05) is 108 Å². The first-order valence-corrected chi connectivity index (χ1v) is 12.0. The van der Waals surface area contributed by atoms with E-state index in [9.17, 15) is 4.79 Å². The molecule has 4 rings (SSSR count). The summed E-state index contributed by atoms with van der Waals surface area (Å²) in [5, 5.41) is 14.7. The van der Waals surface area contributed by atoms with Crippen LogP contribution in [0.1, 0.15) is 11.1 Å². The topological polar surface area (TPSA) is 67.2 Å². The average molecular weight is 451 g/mol. The van der Waals surface area contributed by atoms with Crippen LogP contribution in [-0.2, 0) is 10.5 Å². The second-order valence-corrected chi connectivity index (χ2v) is 9.68. The molecule has 0 saturated heterocycles. The summed E-state index contributed by atoms with van der Waals surface area (Å²) in [5.41, 5.74) is 4.79. The molecule has 0 aliphatic heterocycles. The van der Waals surface area contributed by atoms with Crippen molar-refractivity contribution in [2.45, 2.75) is 14.4 Å². The number of amides is 1. The Morgan fingerprint density at radius 1 is 0.933 bits per heavy atom. The minimum Gasteiger partial charge on any atom is -0.272 e. The summed E-state index contributed by atoms with van der Waals surface area (Å²) in [6.45, 7) is 0. The first-order valence-electron chi connectivity index (χ1n) is 9.20. The smallest absolute Gasteiger partial charge is 0.250 e. The highest BCUT2D eigenvalue weighted by molar-refractivity contribution is 8.03. The van der Waals surface area contributed by atoms with E-state index in [1.165, 1.54) is 28.7 Å². The monoisotopic (exact) mass is 450 g/mol. The second kappa shape index (κ2) is 10.4. The number of carbonyl (C=O) groups is 1. The van der Waals surface area contributed by atoms with Crippen LogP contribution in [0.2, 0.25) is 0 Å². The number of rotatable bonds is 8. The maximum absolute atomic E-state index is 12.1. The molecule has 0 atom stereocenters. The molecule has 0 fully saturated rings. The van der Waals surface area contributed by atoms with E-state index in [1.807, 2.05) is 48.5 Å². The zero-order chi connectivity index (χ0) is 20.6. The molecule has 150 valence electrons. The van der Waals surface area contributed by atoms with Crippen molar-refractivity contribution in [1.82, 2.24) is 15.6 Å². The molecule has 0 radical (unpaired) electrons. The number of hydrogen-bond acceptors (Lipinski definition) is 7. The van der Waals surface area contributed by atoms with Crippen LogP contribution in [0.25, 0.3) is 10.8 Å². The van der Waals surface area contributed by atoms with Gasteiger partial charge in [0, 0.05) is 11.3 Å². The van der Waals surface area contributed by atoms with Crippen LogP contribution in [0.4, 0.5) is 0 Å². The number of fused-ring (bicyclic) bond motifs is 1. The van der Waals surface area contributed by atoms with Gasteiger partial charge in [0.2, 0.25) is 0 Å². The molecule has 0 aliphatic carbocycles. The van der Waals surface area contributed by atoms with Crippen LogP contribution in [0.5, 0.6) is 0 Å². The highest BCUT2D eigenvalue weighted by atomic mass is 32.2. The number of benzene rings is 3. The molecule has 1 aromatic heterocycles. The molecule has 5 nitrogen and oxygen atoms in total. The van der Waals surface area contributed by atoms with E-state index in [-0.39, 0.29) is 11.7 Å². The van der Waals surface area contributed by atoms with E-state index in [0.29, 0.717) is 0 Å². The van der Waals surface area contributed by atoms with Crippen molar-refractivity contribution >= 4 is 57.8 Å². The summed E-state index contributed by atoms with van der Waals surface area (Å²) in [7, 11) is 0. The van der Waals surface area contributed by atoms with E-state index in [0.717, 1.165) is 30.8 Å². The first kappa shape index (κ1) is 20.6. The fourth-order valence-corrected chi connectivity index (χ4v) is 5.50. The average Bonchev–Trinajstić information content (AvgIpc) is 3.25. The molecule has 8 heteroatoms. The third kappa shape index (κ3) is 5.69. The van der Waals surface area contributed by atoms with Gasteiger partial charge in [-0.05, 0) is 16.3 Å². The molecule has 1 amide bonds. The van der Waals surface area contributed by atoms with E-state index < -0.39 is 0 Å². The third-order valence-corrected chi connectivity index (χ3v) is 7.40. The van der Waals surface area contributed by atoms with Crippen LogP contribution in [0.3, 0.4) is 0 Å². The van der Waals surface area contributed by atoms with Gasteiger partial charge in [-0.3, -0.25) is 4.79 Å². The normalized spacial score (nSPS) is 11.2. The summed E-state index contributed by atoms with van der Waals surface area (Å²) in [6, 6.07) is 24.3. The summed E-state index contributed by atoms with van der Waals surface area (Å²) in [5.74, 6) is 0.916. The predicted octanol–water partition coefficient (Wildman–Crippen LogP) is 5.23. The molecule has 0 saturated carbocycles. The van der Waals surface area contributed by atoms with Crippen molar-refractivity contribution in [2.75, 3.05) is 5.75 Å². The fourth-order valence-electron chi connectivity index (χ4n) is 2.73. The summed E-state index contributed by atoms with van der Waals surface area (Å²) in [4.78, 5) is 12.1. The van der Waals surface area contributed by atoms with Crippen molar-refractivity contribution in [2.24, 2.45) is 5.10 Å².